The zero-order valence-corrected chi connectivity index (χ0v) is 15.7. The first kappa shape index (κ1) is 21.4. The van der Waals surface area contributed by atoms with Crippen LogP contribution in [0.2, 0.25) is 0 Å². The number of carbonyl (C=O) groups is 1. The van der Waals surface area contributed by atoms with E-state index in [2.05, 4.69) is 15.5 Å². The molecule has 2 aromatic heterocycles. The fourth-order valence-electron chi connectivity index (χ4n) is 2.78. The first-order chi connectivity index (χ1) is 13.0. The monoisotopic (exact) mass is 402 g/mol. The van der Waals surface area contributed by atoms with Gasteiger partial charge in [0.2, 0.25) is 5.91 Å². The molecule has 0 aromatic carbocycles. The molecule has 9 nitrogen and oxygen atoms in total. The maximum atomic E-state index is 12.7. The Morgan fingerprint density at radius 1 is 1.29 bits per heavy atom. The lowest BCUT2D eigenvalue weighted by Crippen LogP contribution is -2.34. The van der Waals surface area contributed by atoms with Crippen molar-refractivity contribution in [3.63, 3.8) is 0 Å². The molecule has 0 spiro atoms. The summed E-state index contributed by atoms with van der Waals surface area (Å²) < 4.78 is 40.5. The number of carbonyl (C=O) groups excluding carboxylic acids is 1. The van der Waals surface area contributed by atoms with Crippen LogP contribution in [0.25, 0.3) is 0 Å². The number of hydrogen-bond donors (Lipinski definition) is 1. The zero-order chi connectivity index (χ0) is 21.1. The van der Waals surface area contributed by atoms with Crippen LogP contribution in [0.15, 0.2) is 12.1 Å². The minimum atomic E-state index is -4.50. The highest BCUT2D eigenvalue weighted by molar-refractivity contribution is 5.80. The lowest BCUT2D eigenvalue weighted by Gasteiger charge is -2.14. The van der Waals surface area contributed by atoms with Gasteiger partial charge < -0.3 is 15.4 Å². The minimum Gasteiger partial charge on any atom is -0.358 e. The van der Waals surface area contributed by atoms with E-state index < -0.39 is 22.8 Å². The molecule has 154 valence electrons. The fraction of sp³-hybridized carbons (Fsp3) is 0.562. The summed E-state index contributed by atoms with van der Waals surface area (Å²) in [5.74, 6) is -0.699. The first-order valence-corrected chi connectivity index (χ1v) is 8.64. The number of alkyl halides is 3. The van der Waals surface area contributed by atoms with Gasteiger partial charge in [-0.25, -0.2) is 0 Å². The Balaban J connectivity index is 1.93. The molecule has 1 N–H and O–H groups in total. The Bertz CT molecular complexity index is 858. The number of rotatable bonds is 8. The van der Waals surface area contributed by atoms with E-state index in [0.717, 1.165) is 6.07 Å². The Labute approximate surface area is 158 Å². The molecule has 0 saturated heterocycles. The Kier molecular flexibility index (Phi) is 6.41. The van der Waals surface area contributed by atoms with Crippen molar-refractivity contribution in [3.8, 4) is 0 Å². The summed E-state index contributed by atoms with van der Waals surface area (Å²) in [5, 5.41) is 20.9. The molecule has 0 radical (unpaired) electrons. The van der Waals surface area contributed by atoms with Gasteiger partial charge in [0.15, 0.2) is 11.7 Å². The van der Waals surface area contributed by atoms with E-state index in [-0.39, 0.29) is 24.8 Å². The van der Waals surface area contributed by atoms with Crippen molar-refractivity contribution >= 4 is 11.7 Å². The van der Waals surface area contributed by atoms with E-state index in [4.69, 9.17) is 0 Å². The van der Waals surface area contributed by atoms with Crippen molar-refractivity contribution in [3.05, 3.63) is 39.3 Å². The number of nitrogens with zero attached hydrogens (tertiary/aromatic N) is 5. The topological polar surface area (TPSA) is 108 Å². The maximum Gasteiger partial charge on any atom is 0.435 e. The van der Waals surface area contributed by atoms with Gasteiger partial charge >= 0.3 is 12.0 Å². The van der Waals surface area contributed by atoms with Crippen molar-refractivity contribution in [2.45, 2.75) is 52.4 Å². The van der Waals surface area contributed by atoms with Crippen LogP contribution in [0.5, 0.6) is 0 Å². The third-order valence-electron chi connectivity index (χ3n) is 4.20. The summed E-state index contributed by atoms with van der Waals surface area (Å²) in [4.78, 5) is 22.6. The predicted molar refractivity (Wildman–Crippen MR) is 92.5 cm³/mol. The smallest absolute Gasteiger partial charge is 0.358 e. The van der Waals surface area contributed by atoms with E-state index in [1.165, 1.54) is 22.4 Å². The van der Waals surface area contributed by atoms with Crippen molar-refractivity contribution in [2.24, 2.45) is 0 Å². The molecule has 0 aliphatic heterocycles. The molecule has 0 fully saturated rings. The number of aromatic nitrogens is 4. The summed E-state index contributed by atoms with van der Waals surface area (Å²) in [5.41, 5.74) is -0.0825. The lowest BCUT2D eigenvalue weighted by molar-refractivity contribution is -0.389. The van der Waals surface area contributed by atoms with E-state index >= 15 is 0 Å². The van der Waals surface area contributed by atoms with Gasteiger partial charge in [-0.1, -0.05) is 6.92 Å². The number of nitro groups is 1. The quantitative estimate of drug-likeness (QED) is 0.415. The van der Waals surface area contributed by atoms with Gasteiger partial charge in [-0.3, -0.25) is 9.48 Å². The van der Waals surface area contributed by atoms with Crippen LogP contribution < -0.4 is 5.32 Å². The highest BCUT2D eigenvalue weighted by Gasteiger charge is 2.34. The highest BCUT2D eigenvalue weighted by Crippen LogP contribution is 2.28. The van der Waals surface area contributed by atoms with Crippen molar-refractivity contribution < 1.29 is 22.9 Å². The molecule has 1 atom stereocenters. The van der Waals surface area contributed by atoms with Gasteiger partial charge in [0.25, 0.3) is 0 Å². The average Bonchev–Trinajstić information content (AvgIpc) is 3.16. The van der Waals surface area contributed by atoms with Crippen LogP contribution in [-0.2, 0) is 17.5 Å². The molecule has 0 aliphatic carbocycles. The van der Waals surface area contributed by atoms with Gasteiger partial charge in [0, 0.05) is 18.8 Å². The van der Waals surface area contributed by atoms with Gasteiger partial charge in [0.05, 0.1) is 16.9 Å². The molecule has 2 heterocycles. The van der Waals surface area contributed by atoms with E-state index in [1.54, 1.807) is 13.8 Å². The van der Waals surface area contributed by atoms with Crippen molar-refractivity contribution in [1.29, 1.82) is 0 Å². The molecule has 0 bridgehead atoms. The number of nitrogens with one attached hydrogen (secondary N) is 1. The molecule has 28 heavy (non-hydrogen) atoms. The summed E-state index contributed by atoms with van der Waals surface area (Å²) in [6.07, 6.45) is -3.75. The van der Waals surface area contributed by atoms with Crippen molar-refractivity contribution in [1.82, 2.24) is 24.9 Å². The molecule has 2 aromatic rings. The normalized spacial score (nSPS) is 12.8. The van der Waals surface area contributed by atoms with E-state index in [9.17, 15) is 28.1 Å². The first-order valence-electron chi connectivity index (χ1n) is 8.64. The predicted octanol–water partition coefficient (Wildman–Crippen LogP) is 2.78. The van der Waals surface area contributed by atoms with Crippen LogP contribution in [0, 0.1) is 24.0 Å². The second kappa shape index (κ2) is 8.40. The maximum absolute atomic E-state index is 12.7. The molecule has 12 heteroatoms. The number of hydrogen-bond acceptors (Lipinski definition) is 5. The zero-order valence-electron chi connectivity index (χ0n) is 15.7. The number of amides is 1. The molecular formula is C16H21F3N6O3. The lowest BCUT2D eigenvalue weighted by atomic mass is 10.2. The second-order valence-corrected chi connectivity index (χ2v) is 6.31. The Morgan fingerprint density at radius 2 is 1.96 bits per heavy atom. The van der Waals surface area contributed by atoms with Gasteiger partial charge in [-0.2, -0.15) is 23.0 Å². The van der Waals surface area contributed by atoms with Gasteiger partial charge in [-0.05, 0) is 37.7 Å². The third kappa shape index (κ3) is 4.87. The van der Waals surface area contributed by atoms with E-state index in [0.29, 0.717) is 24.2 Å². The van der Waals surface area contributed by atoms with Crippen LogP contribution in [0.4, 0.5) is 19.0 Å². The Hall–Kier alpha value is -2.92. The van der Waals surface area contributed by atoms with Crippen LogP contribution in [0.1, 0.15) is 42.9 Å². The van der Waals surface area contributed by atoms with Crippen molar-refractivity contribution in [2.75, 3.05) is 6.54 Å². The summed E-state index contributed by atoms with van der Waals surface area (Å²) in [6, 6.07) is 1.55. The molecular weight excluding hydrogens is 381 g/mol. The largest absolute Gasteiger partial charge is 0.435 e. The molecule has 0 saturated carbocycles. The van der Waals surface area contributed by atoms with E-state index in [1.807, 2.05) is 0 Å². The summed E-state index contributed by atoms with van der Waals surface area (Å²) >= 11 is 0. The molecule has 0 aliphatic rings. The SMILES string of the molecule is CCC(C(=O)NCCCn1nc(C(F)(F)F)cc1C)n1nc([N+](=O)[O-])cc1C. The molecule has 1 unspecified atom stereocenters. The number of halogens is 3. The van der Waals surface area contributed by atoms with Crippen LogP contribution in [-0.4, -0.2) is 36.9 Å². The summed E-state index contributed by atoms with van der Waals surface area (Å²) in [6.45, 7) is 5.34. The summed E-state index contributed by atoms with van der Waals surface area (Å²) in [7, 11) is 0. The van der Waals surface area contributed by atoms with Crippen LogP contribution >= 0.6 is 0 Å². The number of aryl methyl sites for hydroxylation is 3. The Morgan fingerprint density at radius 3 is 2.46 bits per heavy atom. The molecule has 2 rings (SSSR count). The molecule has 1 amide bonds. The van der Waals surface area contributed by atoms with Gasteiger partial charge in [-0.15, -0.1) is 0 Å². The highest BCUT2D eigenvalue weighted by atomic mass is 19.4. The second-order valence-electron chi connectivity index (χ2n) is 6.31. The van der Waals surface area contributed by atoms with Gasteiger partial charge in [0.1, 0.15) is 0 Å². The minimum absolute atomic E-state index is 0.214. The fourth-order valence-corrected chi connectivity index (χ4v) is 2.78. The van der Waals surface area contributed by atoms with Crippen LogP contribution in [0.3, 0.4) is 0 Å². The third-order valence-corrected chi connectivity index (χ3v) is 4.20. The standard InChI is InChI=1S/C16H21F3N6O3/c1-4-12(24-11(3)9-14(22-24)25(27)28)15(26)20-6-5-7-23-10(2)8-13(21-23)16(17,18)19/h8-9,12H,4-7H2,1-3H3,(H,20,26). The average molecular weight is 402 g/mol.